The minimum atomic E-state index is -0.713. The smallest absolute Gasteiger partial charge is 0.209 e. The summed E-state index contributed by atoms with van der Waals surface area (Å²) in [7, 11) is 1.63. The van der Waals surface area contributed by atoms with Crippen molar-refractivity contribution in [3.63, 3.8) is 0 Å². The summed E-state index contributed by atoms with van der Waals surface area (Å²) in [5.74, 6) is 2.08. The summed E-state index contributed by atoms with van der Waals surface area (Å²) >= 11 is 0. The molecule has 9 heteroatoms. The highest BCUT2D eigenvalue weighted by Gasteiger charge is 2.31. The van der Waals surface area contributed by atoms with Crippen molar-refractivity contribution >= 4 is 6.41 Å². The average Bonchev–Trinajstić information content (AvgIpc) is 3.28. The Kier molecular flexibility index (Phi) is 8.84. The lowest BCUT2D eigenvalue weighted by Crippen LogP contribution is -2.43. The lowest BCUT2D eigenvalue weighted by molar-refractivity contribution is -0.122. The fraction of sp³-hybridized carbons (Fsp3) is 0.419. The zero-order valence-electron chi connectivity index (χ0n) is 23.0. The molecule has 1 aromatic heterocycles. The molecule has 0 spiro atoms. The summed E-state index contributed by atoms with van der Waals surface area (Å²) < 4.78 is 18.0. The van der Waals surface area contributed by atoms with Gasteiger partial charge in [-0.1, -0.05) is 31.2 Å². The van der Waals surface area contributed by atoms with E-state index in [1.54, 1.807) is 18.2 Å². The summed E-state index contributed by atoms with van der Waals surface area (Å²) in [5.41, 5.74) is 5.03. The van der Waals surface area contributed by atoms with Crippen LogP contribution in [0, 0.1) is 0 Å². The van der Waals surface area contributed by atoms with Crippen molar-refractivity contribution in [2.24, 2.45) is 0 Å². The lowest BCUT2D eigenvalue weighted by Gasteiger charge is -2.37. The predicted molar refractivity (Wildman–Crippen MR) is 151 cm³/mol. The largest absolute Gasteiger partial charge is 0.493 e. The summed E-state index contributed by atoms with van der Waals surface area (Å²) in [6, 6.07) is 16.1. The van der Waals surface area contributed by atoms with E-state index in [1.807, 2.05) is 29.2 Å². The Labute approximate surface area is 234 Å². The number of aliphatic hydroxyl groups excluding tert-OH is 2. The number of methoxy groups -OCH3 is 1. The minimum absolute atomic E-state index is 0.157. The van der Waals surface area contributed by atoms with Crippen LogP contribution in [0.1, 0.15) is 29.5 Å². The number of benzene rings is 2. The molecule has 2 N–H and O–H groups in total. The second kappa shape index (κ2) is 12.7. The third-order valence-electron chi connectivity index (χ3n) is 7.68. The van der Waals surface area contributed by atoms with Crippen LogP contribution >= 0.6 is 0 Å². The number of ether oxygens (including phenoxy) is 3. The molecule has 2 aliphatic heterocycles. The highest BCUT2D eigenvalue weighted by molar-refractivity contribution is 5.71. The van der Waals surface area contributed by atoms with Crippen molar-refractivity contribution in [3.05, 3.63) is 71.4 Å². The van der Waals surface area contributed by atoms with Crippen LogP contribution in [0.3, 0.4) is 0 Å². The van der Waals surface area contributed by atoms with Gasteiger partial charge in [0.2, 0.25) is 6.41 Å². The summed E-state index contributed by atoms with van der Waals surface area (Å²) in [5, 5.41) is 19.6. The number of likely N-dealkylation sites (tertiary alicyclic amines) is 2. The number of aryl methyl sites for hydroxylation is 1. The zero-order valence-corrected chi connectivity index (χ0v) is 23.0. The van der Waals surface area contributed by atoms with E-state index in [2.05, 4.69) is 36.2 Å². The van der Waals surface area contributed by atoms with Gasteiger partial charge in [0.05, 0.1) is 25.0 Å². The van der Waals surface area contributed by atoms with E-state index < -0.39 is 12.2 Å². The van der Waals surface area contributed by atoms with E-state index in [4.69, 9.17) is 14.2 Å². The molecule has 1 amide bonds. The molecule has 0 radical (unpaired) electrons. The molecule has 0 bridgehead atoms. The van der Waals surface area contributed by atoms with Gasteiger partial charge in [-0.15, -0.1) is 0 Å². The molecule has 2 aromatic carbocycles. The van der Waals surface area contributed by atoms with Crippen LogP contribution in [0.4, 0.5) is 0 Å². The Balaban J connectivity index is 1.37. The van der Waals surface area contributed by atoms with E-state index >= 15 is 0 Å². The SMILES string of the molecule is CCc1ccc(COc2cc(-c3cc(OCCN4C[C@@H](O)[C@H](O)C4)ccn3)c(C3CN(C=O)C3)cc2OC)cc1. The second-order valence-corrected chi connectivity index (χ2v) is 10.4. The molecule has 212 valence electrons. The fourth-order valence-electron chi connectivity index (χ4n) is 5.21. The number of hydrogen-bond acceptors (Lipinski definition) is 8. The number of nitrogens with zero attached hydrogens (tertiary/aromatic N) is 3. The zero-order chi connectivity index (χ0) is 28.1. The van der Waals surface area contributed by atoms with Crippen LogP contribution in [0.15, 0.2) is 54.7 Å². The first-order chi connectivity index (χ1) is 19.5. The summed E-state index contributed by atoms with van der Waals surface area (Å²) in [4.78, 5) is 19.6. The standard InChI is InChI=1S/C31H37N3O6/c1-3-21-4-6-22(7-5-21)19-40-31-14-26(25(13-30(31)38-2)23-15-34(16-23)20-35)27-12-24(8-9-32-27)39-11-10-33-17-28(36)29(37)18-33/h4-9,12-14,20,23,28-29,36-37H,3,10-11,15-19H2,1-2H3/t28-,29-/m1/s1. The lowest BCUT2D eigenvalue weighted by atomic mass is 9.86. The number of amides is 1. The highest BCUT2D eigenvalue weighted by atomic mass is 16.5. The number of aromatic nitrogens is 1. The normalized spacial score (nSPS) is 19.4. The molecule has 0 unspecified atom stereocenters. The molecular formula is C31H37N3O6. The second-order valence-electron chi connectivity index (χ2n) is 10.4. The van der Waals surface area contributed by atoms with Crippen molar-refractivity contribution in [1.82, 2.24) is 14.8 Å². The number of β-amino-alcohol motifs (C(OH)–C–C–N with tert-alkyl or cyclic N) is 2. The van der Waals surface area contributed by atoms with Gasteiger partial charge >= 0.3 is 0 Å². The highest BCUT2D eigenvalue weighted by Crippen LogP contribution is 2.41. The van der Waals surface area contributed by atoms with E-state index in [-0.39, 0.29) is 5.92 Å². The molecule has 2 atom stereocenters. The van der Waals surface area contributed by atoms with Gasteiger partial charge in [-0.25, -0.2) is 0 Å². The average molecular weight is 548 g/mol. The van der Waals surface area contributed by atoms with Crippen LogP contribution < -0.4 is 14.2 Å². The van der Waals surface area contributed by atoms with Gasteiger partial charge in [0.15, 0.2) is 11.5 Å². The topological polar surface area (TPSA) is 105 Å². The Morgan fingerprint density at radius 2 is 1.68 bits per heavy atom. The Morgan fingerprint density at radius 3 is 2.35 bits per heavy atom. The van der Waals surface area contributed by atoms with Gasteiger partial charge in [-0.2, -0.15) is 0 Å². The molecule has 9 nitrogen and oxygen atoms in total. The van der Waals surface area contributed by atoms with Crippen molar-refractivity contribution in [3.8, 4) is 28.5 Å². The van der Waals surface area contributed by atoms with E-state index in [9.17, 15) is 15.0 Å². The van der Waals surface area contributed by atoms with Gasteiger partial charge in [0.1, 0.15) is 19.0 Å². The first-order valence-corrected chi connectivity index (χ1v) is 13.8. The molecule has 3 heterocycles. The van der Waals surface area contributed by atoms with Crippen LogP contribution in [0.5, 0.6) is 17.2 Å². The molecule has 2 saturated heterocycles. The Bertz CT molecular complexity index is 1280. The van der Waals surface area contributed by atoms with E-state index in [1.165, 1.54) is 5.56 Å². The van der Waals surface area contributed by atoms with E-state index in [0.29, 0.717) is 63.2 Å². The molecule has 3 aromatic rings. The summed E-state index contributed by atoms with van der Waals surface area (Å²) in [6.07, 6.45) is 2.16. The molecule has 2 aliphatic rings. The Morgan fingerprint density at radius 1 is 0.950 bits per heavy atom. The molecule has 0 aliphatic carbocycles. The number of rotatable bonds is 12. The quantitative estimate of drug-likeness (QED) is 0.334. The number of carbonyl (C=O) groups excluding carboxylic acids is 1. The fourth-order valence-corrected chi connectivity index (χ4v) is 5.21. The van der Waals surface area contributed by atoms with Gasteiger partial charge < -0.3 is 29.3 Å². The number of hydrogen-bond donors (Lipinski definition) is 2. The van der Waals surface area contributed by atoms with Crippen LogP contribution in [0.2, 0.25) is 0 Å². The molecule has 0 saturated carbocycles. The van der Waals surface area contributed by atoms with Crippen molar-refractivity contribution < 1.29 is 29.2 Å². The van der Waals surface area contributed by atoms with Gasteiger partial charge in [0.25, 0.3) is 0 Å². The number of aliphatic hydroxyl groups is 2. The maximum absolute atomic E-state index is 11.3. The minimum Gasteiger partial charge on any atom is -0.493 e. The molecule has 5 rings (SSSR count). The van der Waals surface area contributed by atoms with E-state index in [0.717, 1.165) is 35.2 Å². The van der Waals surface area contributed by atoms with Gasteiger partial charge in [-0.3, -0.25) is 14.7 Å². The third-order valence-corrected chi connectivity index (χ3v) is 7.68. The number of carbonyl (C=O) groups is 1. The molecular weight excluding hydrogens is 510 g/mol. The van der Waals surface area contributed by atoms with Gasteiger partial charge in [-0.05, 0) is 41.3 Å². The van der Waals surface area contributed by atoms with Crippen molar-refractivity contribution in [1.29, 1.82) is 0 Å². The van der Waals surface area contributed by atoms with Crippen molar-refractivity contribution in [2.45, 2.75) is 38.1 Å². The first kappa shape index (κ1) is 27.9. The monoisotopic (exact) mass is 547 g/mol. The maximum Gasteiger partial charge on any atom is 0.209 e. The number of pyridine rings is 1. The van der Waals surface area contributed by atoms with Crippen molar-refractivity contribution in [2.75, 3.05) is 46.4 Å². The van der Waals surface area contributed by atoms with Crippen LogP contribution in [-0.2, 0) is 17.8 Å². The summed E-state index contributed by atoms with van der Waals surface area (Å²) in [6.45, 7) is 5.69. The third kappa shape index (κ3) is 6.38. The Hall–Kier alpha value is -3.66. The predicted octanol–water partition coefficient (Wildman–Crippen LogP) is 2.87. The maximum atomic E-state index is 11.3. The van der Waals surface area contributed by atoms with Gasteiger partial charge in [0, 0.05) is 56.5 Å². The molecule has 2 fully saturated rings. The van der Waals surface area contributed by atoms with Crippen LogP contribution in [-0.4, -0.2) is 90.1 Å². The molecule has 40 heavy (non-hydrogen) atoms. The first-order valence-electron chi connectivity index (χ1n) is 13.8. The van der Waals surface area contributed by atoms with Crippen LogP contribution in [0.25, 0.3) is 11.3 Å².